The van der Waals surface area contributed by atoms with Crippen molar-refractivity contribution < 1.29 is 4.74 Å². The van der Waals surface area contributed by atoms with E-state index in [1.807, 2.05) is 0 Å². The molecule has 1 atom stereocenters. The van der Waals surface area contributed by atoms with Crippen LogP contribution in [0.4, 0.5) is 0 Å². The third kappa shape index (κ3) is 4.60. The van der Waals surface area contributed by atoms with Crippen LogP contribution in [0.3, 0.4) is 0 Å². The first-order valence-corrected chi connectivity index (χ1v) is 8.10. The lowest BCUT2D eigenvalue weighted by Gasteiger charge is -2.28. The van der Waals surface area contributed by atoms with E-state index in [1.54, 1.807) is 0 Å². The van der Waals surface area contributed by atoms with Crippen molar-refractivity contribution >= 4 is 0 Å². The van der Waals surface area contributed by atoms with Gasteiger partial charge in [-0.05, 0) is 50.6 Å². The summed E-state index contributed by atoms with van der Waals surface area (Å²) in [5, 5.41) is 3.54. The lowest BCUT2D eigenvalue weighted by molar-refractivity contribution is 0.00808. The van der Waals surface area contributed by atoms with Gasteiger partial charge < -0.3 is 10.1 Å². The summed E-state index contributed by atoms with van der Waals surface area (Å²) in [6.07, 6.45) is 5.57. The molecule has 1 aliphatic carbocycles. The van der Waals surface area contributed by atoms with Crippen molar-refractivity contribution in [2.75, 3.05) is 13.2 Å². The zero-order chi connectivity index (χ0) is 14.4. The van der Waals surface area contributed by atoms with E-state index in [-0.39, 0.29) is 0 Å². The van der Waals surface area contributed by atoms with Gasteiger partial charge in [0, 0.05) is 0 Å². The molecule has 0 aliphatic heterocycles. The van der Waals surface area contributed by atoms with Gasteiger partial charge in [-0.15, -0.1) is 0 Å². The number of benzene rings is 1. The number of rotatable bonds is 6. The number of likely N-dealkylation sites (N-methyl/N-ethyl adjacent to an activating group) is 1. The Labute approximate surface area is 123 Å². The summed E-state index contributed by atoms with van der Waals surface area (Å²) in [5.41, 5.74) is 2.65. The fourth-order valence-corrected chi connectivity index (χ4v) is 2.95. The highest BCUT2D eigenvalue weighted by molar-refractivity contribution is 5.24. The monoisotopic (exact) mass is 275 g/mol. The largest absolute Gasteiger partial charge is 0.376 e. The molecule has 1 aromatic rings. The summed E-state index contributed by atoms with van der Waals surface area (Å²) in [5.74, 6) is 0.886. The third-order valence-electron chi connectivity index (χ3n) is 4.39. The van der Waals surface area contributed by atoms with E-state index < -0.39 is 0 Å². The van der Waals surface area contributed by atoms with Crippen LogP contribution in [0.25, 0.3) is 0 Å². The average Bonchev–Trinajstić information content (AvgIpc) is 2.46. The molecule has 2 heteroatoms. The van der Waals surface area contributed by atoms with E-state index in [2.05, 4.69) is 50.4 Å². The smallest absolute Gasteiger partial charge is 0.0665 e. The summed E-state index contributed by atoms with van der Waals surface area (Å²) in [7, 11) is 0. The van der Waals surface area contributed by atoms with Crippen molar-refractivity contribution in [3.05, 3.63) is 35.4 Å². The summed E-state index contributed by atoms with van der Waals surface area (Å²) in [6, 6.07) is 9.12. The van der Waals surface area contributed by atoms with Gasteiger partial charge >= 0.3 is 0 Å². The Kier molecular flexibility index (Phi) is 6.06. The van der Waals surface area contributed by atoms with Crippen LogP contribution in [0.15, 0.2) is 24.3 Å². The molecule has 0 amide bonds. The van der Waals surface area contributed by atoms with E-state index in [0.29, 0.717) is 12.1 Å². The van der Waals surface area contributed by atoms with Gasteiger partial charge in [-0.25, -0.2) is 0 Å². The van der Waals surface area contributed by atoms with E-state index in [1.165, 1.54) is 36.8 Å². The highest BCUT2D eigenvalue weighted by Crippen LogP contribution is 2.26. The van der Waals surface area contributed by atoms with Gasteiger partial charge in [-0.3, -0.25) is 0 Å². The van der Waals surface area contributed by atoms with Crippen LogP contribution in [-0.4, -0.2) is 19.3 Å². The highest BCUT2D eigenvalue weighted by atomic mass is 16.5. The fourth-order valence-electron chi connectivity index (χ4n) is 2.95. The summed E-state index contributed by atoms with van der Waals surface area (Å²) < 4.78 is 6.17. The predicted molar refractivity (Wildman–Crippen MR) is 85.0 cm³/mol. The Morgan fingerprint density at radius 2 is 1.80 bits per heavy atom. The minimum absolute atomic E-state index is 0.319. The molecule has 2 nitrogen and oxygen atoms in total. The van der Waals surface area contributed by atoms with Crippen LogP contribution in [-0.2, 0) is 4.74 Å². The zero-order valence-electron chi connectivity index (χ0n) is 13.2. The van der Waals surface area contributed by atoms with E-state index in [4.69, 9.17) is 4.74 Å². The van der Waals surface area contributed by atoms with Gasteiger partial charge in [0.15, 0.2) is 0 Å². The van der Waals surface area contributed by atoms with Crippen LogP contribution < -0.4 is 5.32 Å². The zero-order valence-corrected chi connectivity index (χ0v) is 13.2. The molecule has 1 unspecified atom stereocenters. The van der Waals surface area contributed by atoms with Crippen molar-refractivity contribution in [2.45, 2.75) is 58.6 Å². The molecule has 1 aliphatic rings. The Hall–Kier alpha value is -0.860. The second kappa shape index (κ2) is 7.80. The molecule has 0 aromatic heterocycles. The number of nitrogens with one attached hydrogen (secondary N) is 1. The maximum atomic E-state index is 6.17. The third-order valence-corrected chi connectivity index (χ3v) is 4.39. The van der Waals surface area contributed by atoms with Gasteiger partial charge in [0.25, 0.3) is 0 Å². The van der Waals surface area contributed by atoms with Crippen molar-refractivity contribution in [3.63, 3.8) is 0 Å². The Balaban J connectivity index is 1.87. The maximum absolute atomic E-state index is 6.17. The minimum atomic E-state index is 0.319. The first-order valence-electron chi connectivity index (χ1n) is 8.10. The molecular weight excluding hydrogens is 246 g/mol. The quantitative estimate of drug-likeness (QED) is 0.838. The van der Waals surface area contributed by atoms with Gasteiger partial charge in [-0.2, -0.15) is 0 Å². The van der Waals surface area contributed by atoms with Crippen LogP contribution in [0.1, 0.15) is 56.7 Å². The SMILES string of the molecule is CCNC(COC1CCC(C)CC1)c1ccc(C)cc1. The lowest BCUT2D eigenvalue weighted by Crippen LogP contribution is -2.29. The lowest BCUT2D eigenvalue weighted by atomic mass is 9.89. The van der Waals surface area contributed by atoms with Gasteiger partial charge in [-0.1, -0.05) is 43.7 Å². The second-order valence-electron chi connectivity index (χ2n) is 6.24. The van der Waals surface area contributed by atoms with Crippen LogP contribution in [0.5, 0.6) is 0 Å². The standard InChI is InChI=1S/C18H29NO/c1-4-19-18(16-9-5-14(2)6-10-16)13-20-17-11-7-15(3)8-12-17/h5-6,9-10,15,17-19H,4,7-8,11-13H2,1-3H3. The molecule has 0 spiro atoms. The fraction of sp³-hybridized carbons (Fsp3) is 0.667. The predicted octanol–water partition coefficient (Wildman–Crippen LogP) is 4.24. The van der Waals surface area contributed by atoms with Crippen molar-refractivity contribution in [3.8, 4) is 0 Å². The van der Waals surface area contributed by atoms with E-state index in [0.717, 1.165) is 19.1 Å². The number of aryl methyl sites for hydroxylation is 1. The molecule has 112 valence electrons. The van der Waals surface area contributed by atoms with E-state index >= 15 is 0 Å². The summed E-state index contributed by atoms with van der Waals surface area (Å²) >= 11 is 0. The average molecular weight is 275 g/mol. The second-order valence-corrected chi connectivity index (χ2v) is 6.24. The Morgan fingerprint density at radius 1 is 1.15 bits per heavy atom. The van der Waals surface area contributed by atoms with Crippen molar-refractivity contribution in [1.29, 1.82) is 0 Å². The van der Waals surface area contributed by atoms with Crippen LogP contribution in [0.2, 0.25) is 0 Å². The molecule has 0 radical (unpaired) electrons. The van der Waals surface area contributed by atoms with E-state index in [9.17, 15) is 0 Å². The molecule has 1 saturated carbocycles. The molecule has 1 N–H and O–H groups in total. The first-order chi connectivity index (χ1) is 9.69. The molecule has 0 bridgehead atoms. The molecule has 2 rings (SSSR count). The molecule has 1 fully saturated rings. The molecule has 0 heterocycles. The molecule has 1 aromatic carbocycles. The van der Waals surface area contributed by atoms with Crippen molar-refractivity contribution in [1.82, 2.24) is 5.32 Å². The highest BCUT2D eigenvalue weighted by Gasteiger charge is 2.20. The number of hydrogen-bond donors (Lipinski definition) is 1. The minimum Gasteiger partial charge on any atom is -0.376 e. The number of ether oxygens (including phenoxy) is 1. The van der Waals surface area contributed by atoms with Gasteiger partial charge in [0.05, 0.1) is 18.8 Å². The summed E-state index contributed by atoms with van der Waals surface area (Å²) in [6.45, 7) is 8.40. The van der Waals surface area contributed by atoms with Gasteiger partial charge in [0.2, 0.25) is 0 Å². The first kappa shape index (κ1) is 15.5. The Morgan fingerprint density at radius 3 is 2.40 bits per heavy atom. The van der Waals surface area contributed by atoms with Crippen molar-refractivity contribution in [2.24, 2.45) is 5.92 Å². The number of hydrogen-bond acceptors (Lipinski definition) is 2. The van der Waals surface area contributed by atoms with Crippen LogP contribution in [0, 0.1) is 12.8 Å². The molecule has 20 heavy (non-hydrogen) atoms. The molecular formula is C18H29NO. The Bertz CT molecular complexity index is 379. The van der Waals surface area contributed by atoms with Gasteiger partial charge in [0.1, 0.15) is 0 Å². The summed E-state index contributed by atoms with van der Waals surface area (Å²) in [4.78, 5) is 0. The topological polar surface area (TPSA) is 21.3 Å². The molecule has 0 saturated heterocycles. The maximum Gasteiger partial charge on any atom is 0.0665 e. The normalized spacial score (nSPS) is 24.6. The van der Waals surface area contributed by atoms with Crippen LogP contribution >= 0.6 is 0 Å².